The number of nitrogens with one attached hydrogen (secondary N) is 1. The fourth-order valence-electron chi connectivity index (χ4n) is 2.62. The monoisotopic (exact) mass is 242 g/mol. The molecule has 17 heavy (non-hydrogen) atoms. The van der Waals surface area contributed by atoms with Crippen molar-refractivity contribution in [1.29, 1.82) is 0 Å². The van der Waals surface area contributed by atoms with E-state index in [9.17, 15) is 14.7 Å². The number of likely N-dealkylation sites (tertiary alicyclic amines) is 1. The number of carbonyl (C=O) groups is 2. The normalized spacial score (nSPS) is 37.4. The number of nitrogens with zero attached hydrogens (tertiary/aromatic N) is 1. The third-order valence-electron chi connectivity index (χ3n) is 3.71. The molecule has 2 aliphatic heterocycles. The molecule has 3 N–H and O–H groups in total. The average molecular weight is 242 g/mol. The van der Waals surface area contributed by atoms with Gasteiger partial charge in [0.25, 0.3) is 0 Å². The van der Waals surface area contributed by atoms with Crippen LogP contribution in [-0.4, -0.2) is 58.8 Å². The highest BCUT2D eigenvalue weighted by atomic mass is 16.4. The van der Waals surface area contributed by atoms with Crippen LogP contribution in [0.2, 0.25) is 0 Å². The van der Waals surface area contributed by atoms with Gasteiger partial charge in [0.2, 0.25) is 5.91 Å². The summed E-state index contributed by atoms with van der Waals surface area (Å²) in [7, 11) is 0. The van der Waals surface area contributed by atoms with Crippen LogP contribution in [0.1, 0.15) is 19.8 Å². The van der Waals surface area contributed by atoms with Crippen molar-refractivity contribution in [3.05, 3.63) is 0 Å². The topological polar surface area (TPSA) is 89.9 Å². The zero-order chi connectivity index (χ0) is 12.6. The number of hydrogen-bond acceptors (Lipinski definition) is 4. The molecule has 2 fully saturated rings. The SMILES string of the molecule is CC1(C(=O)N2C[C@H](O)C[C@H]2C(=O)O)CCNC1. The molecule has 2 aliphatic rings. The minimum atomic E-state index is -1.04. The molecule has 1 amide bonds. The van der Waals surface area contributed by atoms with Crippen LogP contribution in [0.3, 0.4) is 0 Å². The molecule has 6 nitrogen and oxygen atoms in total. The van der Waals surface area contributed by atoms with Gasteiger partial charge < -0.3 is 20.4 Å². The molecule has 0 bridgehead atoms. The minimum Gasteiger partial charge on any atom is -0.480 e. The Bertz CT molecular complexity index is 338. The fourth-order valence-corrected chi connectivity index (χ4v) is 2.62. The molecule has 0 aromatic rings. The third-order valence-corrected chi connectivity index (χ3v) is 3.71. The first-order valence-corrected chi connectivity index (χ1v) is 5.87. The Morgan fingerprint density at radius 2 is 2.18 bits per heavy atom. The van der Waals surface area contributed by atoms with Gasteiger partial charge >= 0.3 is 5.97 Å². The quantitative estimate of drug-likeness (QED) is 0.580. The average Bonchev–Trinajstić information content (AvgIpc) is 2.84. The predicted molar refractivity (Wildman–Crippen MR) is 59.4 cm³/mol. The van der Waals surface area contributed by atoms with Crippen molar-refractivity contribution < 1.29 is 19.8 Å². The number of aliphatic hydroxyl groups excluding tert-OH is 1. The van der Waals surface area contributed by atoms with E-state index in [0.29, 0.717) is 13.0 Å². The molecule has 3 atom stereocenters. The summed E-state index contributed by atoms with van der Waals surface area (Å²) in [5, 5.41) is 21.7. The predicted octanol–water partition coefficient (Wildman–Crippen LogP) is -0.968. The van der Waals surface area contributed by atoms with Crippen molar-refractivity contribution in [2.24, 2.45) is 5.41 Å². The number of β-amino-alcohol motifs (C(OH)–C–C–N with tert-alkyl or cyclic N) is 1. The first-order valence-electron chi connectivity index (χ1n) is 5.87. The summed E-state index contributed by atoms with van der Waals surface area (Å²) in [6, 6.07) is -0.880. The molecule has 0 aromatic carbocycles. The maximum absolute atomic E-state index is 12.3. The molecule has 0 radical (unpaired) electrons. The second-order valence-corrected chi connectivity index (χ2v) is 5.19. The highest BCUT2D eigenvalue weighted by Gasteiger charge is 2.46. The molecule has 2 heterocycles. The lowest BCUT2D eigenvalue weighted by molar-refractivity contribution is -0.152. The lowest BCUT2D eigenvalue weighted by Gasteiger charge is -2.30. The molecular formula is C11H18N2O4. The van der Waals surface area contributed by atoms with E-state index in [1.807, 2.05) is 6.92 Å². The third kappa shape index (κ3) is 2.14. The fraction of sp³-hybridized carbons (Fsp3) is 0.818. The second kappa shape index (κ2) is 4.27. The largest absolute Gasteiger partial charge is 0.480 e. The first kappa shape index (κ1) is 12.3. The number of aliphatic hydroxyl groups is 1. The second-order valence-electron chi connectivity index (χ2n) is 5.19. The molecule has 0 aliphatic carbocycles. The first-order chi connectivity index (χ1) is 7.94. The van der Waals surface area contributed by atoms with E-state index in [-0.39, 0.29) is 18.9 Å². The van der Waals surface area contributed by atoms with Gasteiger partial charge in [-0.25, -0.2) is 4.79 Å². The van der Waals surface area contributed by atoms with Gasteiger partial charge in [0.15, 0.2) is 0 Å². The highest BCUT2D eigenvalue weighted by Crippen LogP contribution is 2.31. The number of amides is 1. The van der Waals surface area contributed by atoms with Crippen LogP contribution in [0, 0.1) is 5.41 Å². The number of aliphatic carboxylic acids is 1. The Labute approximate surface area is 99.6 Å². The van der Waals surface area contributed by atoms with E-state index in [2.05, 4.69) is 5.32 Å². The van der Waals surface area contributed by atoms with E-state index in [0.717, 1.165) is 6.54 Å². The summed E-state index contributed by atoms with van der Waals surface area (Å²) >= 11 is 0. The smallest absolute Gasteiger partial charge is 0.326 e. The summed E-state index contributed by atoms with van der Waals surface area (Å²) in [6.45, 7) is 3.32. The van der Waals surface area contributed by atoms with Gasteiger partial charge in [-0.15, -0.1) is 0 Å². The van der Waals surface area contributed by atoms with Crippen molar-refractivity contribution in [1.82, 2.24) is 10.2 Å². The Balaban J connectivity index is 2.15. The number of carbonyl (C=O) groups excluding carboxylic acids is 1. The van der Waals surface area contributed by atoms with Crippen molar-refractivity contribution in [2.45, 2.75) is 31.9 Å². The summed E-state index contributed by atoms with van der Waals surface area (Å²) < 4.78 is 0. The summed E-state index contributed by atoms with van der Waals surface area (Å²) in [6.07, 6.45) is 0.119. The Hall–Kier alpha value is -1.14. The molecule has 0 spiro atoms. The molecule has 0 aromatic heterocycles. The van der Waals surface area contributed by atoms with E-state index in [1.165, 1.54) is 4.90 Å². The van der Waals surface area contributed by atoms with Crippen LogP contribution in [0.15, 0.2) is 0 Å². The maximum atomic E-state index is 12.3. The van der Waals surface area contributed by atoms with E-state index in [1.54, 1.807) is 0 Å². The lowest BCUT2D eigenvalue weighted by atomic mass is 9.88. The Morgan fingerprint density at radius 3 is 2.71 bits per heavy atom. The van der Waals surface area contributed by atoms with E-state index in [4.69, 9.17) is 5.11 Å². The highest BCUT2D eigenvalue weighted by molar-refractivity contribution is 5.88. The van der Waals surface area contributed by atoms with Crippen molar-refractivity contribution in [3.8, 4) is 0 Å². The van der Waals surface area contributed by atoms with Crippen molar-refractivity contribution in [2.75, 3.05) is 19.6 Å². The van der Waals surface area contributed by atoms with Crippen molar-refractivity contribution in [3.63, 3.8) is 0 Å². The van der Waals surface area contributed by atoms with Crippen LogP contribution in [0.25, 0.3) is 0 Å². The molecule has 6 heteroatoms. The molecule has 1 unspecified atom stereocenters. The molecule has 0 saturated carbocycles. The summed E-state index contributed by atoms with van der Waals surface area (Å²) in [5.74, 6) is -1.20. The number of rotatable bonds is 2. The molecular weight excluding hydrogens is 224 g/mol. The minimum absolute atomic E-state index is 0.130. The molecule has 96 valence electrons. The van der Waals surface area contributed by atoms with E-state index < -0.39 is 23.5 Å². The van der Waals surface area contributed by atoms with Gasteiger partial charge in [-0.05, 0) is 19.9 Å². The van der Waals surface area contributed by atoms with Gasteiger partial charge in [0.05, 0.1) is 11.5 Å². The van der Waals surface area contributed by atoms with Crippen LogP contribution >= 0.6 is 0 Å². The van der Waals surface area contributed by atoms with Crippen LogP contribution < -0.4 is 5.32 Å². The van der Waals surface area contributed by atoms with E-state index >= 15 is 0 Å². The van der Waals surface area contributed by atoms with Gasteiger partial charge in [-0.2, -0.15) is 0 Å². The summed E-state index contributed by atoms with van der Waals surface area (Å²) in [5.41, 5.74) is -0.530. The van der Waals surface area contributed by atoms with Gasteiger partial charge in [0.1, 0.15) is 6.04 Å². The summed E-state index contributed by atoms with van der Waals surface area (Å²) in [4.78, 5) is 24.7. The lowest BCUT2D eigenvalue weighted by Crippen LogP contribution is -2.48. The Morgan fingerprint density at radius 1 is 1.47 bits per heavy atom. The van der Waals surface area contributed by atoms with Gasteiger partial charge in [-0.1, -0.05) is 0 Å². The molecule has 2 rings (SSSR count). The van der Waals surface area contributed by atoms with Crippen LogP contribution in [0.5, 0.6) is 0 Å². The molecule has 2 saturated heterocycles. The zero-order valence-corrected chi connectivity index (χ0v) is 9.85. The zero-order valence-electron chi connectivity index (χ0n) is 9.85. The number of carboxylic acids is 1. The van der Waals surface area contributed by atoms with Gasteiger partial charge in [0, 0.05) is 19.5 Å². The maximum Gasteiger partial charge on any atom is 0.326 e. The van der Waals surface area contributed by atoms with Crippen molar-refractivity contribution >= 4 is 11.9 Å². The standard InChI is InChI=1S/C11H18N2O4/c1-11(2-3-12-6-11)10(17)13-5-7(14)4-8(13)9(15)16/h7-8,12,14H,2-6H2,1H3,(H,15,16)/t7-,8+,11?/m1/s1. The number of hydrogen-bond donors (Lipinski definition) is 3. The van der Waals surface area contributed by atoms with Crippen LogP contribution in [0.4, 0.5) is 0 Å². The number of carboxylic acid groups (broad SMARTS) is 1. The van der Waals surface area contributed by atoms with Crippen LogP contribution in [-0.2, 0) is 9.59 Å². The Kier molecular flexibility index (Phi) is 3.09. The van der Waals surface area contributed by atoms with Gasteiger partial charge in [-0.3, -0.25) is 4.79 Å².